The van der Waals surface area contributed by atoms with E-state index >= 15 is 0 Å². The van der Waals surface area contributed by atoms with Gasteiger partial charge in [0.05, 0.1) is 6.54 Å². The molecule has 0 bridgehead atoms. The Bertz CT molecular complexity index is 797. The summed E-state index contributed by atoms with van der Waals surface area (Å²) < 4.78 is 4.92. The molecule has 5 nitrogen and oxygen atoms in total. The quantitative estimate of drug-likeness (QED) is 0.754. The number of aryl methyl sites for hydroxylation is 1. The van der Waals surface area contributed by atoms with E-state index in [1.54, 1.807) is 13.0 Å². The van der Waals surface area contributed by atoms with Crippen molar-refractivity contribution in [3.8, 4) is 11.1 Å². The molecule has 0 aliphatic heterocycles. The number of aromatic nitrogens is 1. The second kappa shape index (κ2) is 6.79. The summed E-state index contributed by atoms with van der Waals surface area (Å²) in [4.78, 5) is 12.0. The minimum Gasteiger partial charge on any atom is -0.376 e. The number of nitrogens with zero attached hydrogens (tertiary/aromatic N) is 1. The van der Waals surface area contributed by atoms with Gasteiger partial charge in [0.2, 0.25) is 5.91 Å². The Morgan fingerprint density at radius 3 is 2.57 bits per heavy atom. The van der Waals surface area contributed by atoms with Crippen LogP contribution in [0, 0.1) is 6.92 Å². The van der Waals surface area contributed by atoms with Gasteiger partial charge in [0.25, 0.3) is 0 Å². The molecule has 0 unspecified atom stereocenters. The zero-order valence-corrected chi connectivity index (χ0v) is 12.7. The van der Waals surface area contributed by atoms with Crippen LogP contribution in [0.2, 0.25) is 0 Å². The lowest BCUT2D eigenvalue weighted by atomic mass is 10.0. The van der Waals surface area contributed by atoms with Gasteiger partial charge in [-0.2, -0.15) is 0 Å². The maximum absolute atomic E-state index is 12.0. The first-order chi connectivity index (χ1) is 11.2. The van der Waals surface area contributed by atoms with Crippen molar-refractivity contribution in [2.45, 2.75) is 6.92 Å². The average molecular weight is 307 g/mol. The van der Waals surface area contributed by atoms with E-state index in [4.69, 9.17) is 4.52 Å². The van der Waals surface area contributed by atoms with Crippen LogP contribution < -0.4 is 10.6 Å². The van der Waals surface area contributed by atoms with Crippen LogP contribution >= 0.6 is 0 Å². The molecule has 2 aromatic carbocycles. The zero-order valence-electron chi connectivity index (χ0n) is 12.7. The first-order valence-corrected chi connectivity index (χ1v) is 7.34. The number of benzene rings is 2. The second-order valence-corrected chi connectivity index (χ2v) is 5.14. The Morgan fingerprint density at radius 2 is 1.83 bits per heavy atom. The fourth-order valence-corrected chi connectivity index (χ4v) is 2.29. The van der Waals surface area contributed by atoms with Gasteiger partial charge >= 0.3 is 0 Å². The van der Waals surface area contributed by atoms with E-state index in [1.807, 2.05) is 54.6 Å². The highest BCUT2D eigenvalue weighted by molar-refractivity contribution is 5.93. The van der Waals surface area contributed by atoms with Crippen molar-refractivity contribution in [2.75, 3.05) is 17.2 Å². The summed E-state index contributed by atoms with van der Waals surface area (Å²) in [5.41, 5.74) is 3.06. The van der Waals surface area contributed by atoms with E-state index in [0.29, 0.717) is 11.6 Å². The van der Waals surface area contributed by atoms with Crippen molar-refractivity contribution in [2.24, 2.45) is 0 Å². The molecule has 1 amide bonds. The fourth-order valence-electron chi connectivity index (χ4n) is 2.29. The number of anilines is 2. The molecule has 3 aromatic rings. The van der Waals surface area contributed by atoms with Crippen LogP contribution in [0.4, 0.5) is 11.5 Å². The minimum atomic E-state index is -0.179. The summed E-state index contributed by atoms with van der Waals surface area (Å²) >= 11 is 0. The van der Waals surface area contributed by atoms with Crippen molar-refractivity contribution >= 4 is 17.4 Å². The number of hydrogen-bond donors (Lipinski definition) is 2. The summed E-state index contributed by atoms with van der Waals surface area (Å²) in [6.45, 7) is 1.92. The lowest BCUT2D eigenvalue weighted by Crippen LogP contribution is -2.22. The van der Waals surface area contributed by atoms with Crippen molar-refractivity contribution < 1.29 is 9.32 Å². The van der Waals surface area contributed by atoms with Gasteiger partial charge in [-0.3, -0.25) is 4.79 Å². The number of carbonyl (C=O) groups excluding carboxylic acids is 1. The van der Waals surface area contributed by atoms with Crippen molar-refractivity contribution in [3.05, 3.63) is 66.4 Å². The minimum absolute atomic E-state index is 0.149. The number of carbonyl (C=O) groups is 1. The Kier molecular flexibility index (Phi) is 4.38. The van der Waals surface area contributed by atoms with E-state index in [0.717, 1.165) is 16.8 Å². The molecular weight excluding hydrogens is 290 g/mol. The molecular formula is C18H17N3O2. The van der Waals surface area contributed by atoms with Gasteiger partial charge in [0.1, 0.15) is 5.76 Å². The van der Waals surface area contributed by atoms with Gasteiger partial charge in [0.15, 0.2) is 5.82 Å². The van der Waals surface area contributed by atoms with Crippen LogP contribution in [-0.4, -0.2) is 17.6 Å². The van der Waals surface area contributed by atoms with Crippen molar-refractivity contribution in [1.82, 2.24) is 5.16 Å². The van der Waals surface area contributed by atoms with Crippen LogP contribution in [0.5, 0.6) is 0 Å². The van der Waals surface area contributed by atoms with Gasteiger partial charge < -0.3 is 15.2 Å². The lowest BCUT2D eigenvalue weighted by Gasteiger charge is -2.11. The van der Waals surface area contributed by atoms with Gasteiger partial charge in [-0.25, -0.2) is 0 Å². The van der Waals surface area contributed by atoms with Gasteiger partial charge in [0, 0.05) is 17.3 Å². The van der Waals surface area contributed by atoms with Gasteiger partial charge in [-0.15, -0.1) is 0 Å². The molecule has 0 spiro atoms. The molecule has 0 fully saturated rings. The first kappa shape index (κ1) is 14.8. The standard InChI is InChI=1S/C18H17N3O2/c1-13-11-17(21-23-13)20-18(22)12-19-16-10-6-5-9-15(16)14-7-3-2-4-8-14/h2-11,19H,12H2,1H3,(H,20,21,22). The highest BCUT2D eigenvalue weighted by Gasteiger charge is 2.08. The molecule has 0 radical (unpaired) electrons. The van der Waals surface area contributed by atoms with Crippen LogP contribution in [0.15, 0.2) is 65.2 Å². The predicted octanol–water partition coefficient (Wildman–Crippen LogP) is 3.70. The molecule has 0 atom stereocenters. The second-order valence-electron chi connectivity index (χ2n) is 5.14. The third-order valence-corrected chi connectivity index (χ3v) is 3.35. The lowest BCUT2D eigenvalue weighted by molar-refractivity contribution is -0.114. The van der Waals surface area contributed by atoms with E-state index in [2.05, 4.69) is 15.8 Å². The summed E-state index contributed by atoms with van der Waals surface area (Å²) in [6, 6.07) is 19.6. The number of nitrogens with one attached hydrogen (secondary N) is 2. The Labute approximate surface area is 134 Å². The van der Waals surface area contributed by atoms with E-state index < -0.39 is 0 Å². The molecule has 1 aromatic heterocycles. The number of rotatable bonds is 5. The number of hydrogen-bond acceptors (Lipinski definition) is 4. The van der Waals surface area contributed by atoms with Crippen LogP contribution in [0.3, 0.4) is 0 Å². The molecule has 0 saturated heterocycles. The summed E-state index contributed by atoms with van der Waals surface area (Å²) in [5, 5.41) is 9.60. The third kappa shape index (κ3) is 3.77. The maximum atomic E-state index is 12.0. The smallest absolute Gasteiger partial charge is 0.244 e. The molecule has 23 heavy (non-hydrogen) atoms. The van der Waals surface area contributed by atoms with E-state index in [9.17, 15) is 4.79 Å². The zero-order chi connectivity index (χ0) is 16.1. The Balaban J connectivity index is 1.68. The molecule has 3 rings (SSSR count). The van der Waals surface area contributed by atoms with Crippen molar-refractivity contribution in [1.29, 1.82) is 0 Å². The first-order valence-electron chi connectivity index (χ1n) is 7.34. The molecule has 0 aliphatic rings. The van der Waals surface area contributed by atoms with Crippen LogP contribution in [0.1, 0.15) is 5.76 Å². The summed E-state index contributed by atoms with van der Waals surface area (Å²) in [5.74, 6) is 0.898. The SMILES string of the molecule is Cc1cc(NC(=O)CNc2ccccc2-c2ccccc2)no1. The van der Waals surface area contributed by atoms with E-state index in [-0.39, 0.29) is 12.5 Å². The van der Waals surface area contributed by atoms with Gasteiger partial charge in [-0.05, 0) is 18.6 Å². The molecule has 5 heteroatoms. The maximum Gasteiger partial charge on any atom is 0.244 e. The summed E-state index contributed by atoms with van der Waals surface area (Å²) in [6.07, 6.45) is 0. The highest BCUT2D eigenvalue weighted by atomic mass is 16.5. The molecule has 0 aliphatic carbocycles. The predicted molar refractivity (Wildman–Crippen MR) is 90.2 cm³/mol. The Morgan fingerprint density at radius 1 is 1.09 bits per heavy atom. The highest BCUT2D eigenvalue weighted by Crippen LogP contribution is 2.27. The monoisotopic (exact) mass is 307 g/mol. The topological polar surface area (TPSA) is 67.2 Å². The molecule has 2 N–H and O–H groups in total. The molecule has 1 heterocycles. The normalized spacial score (nSPS) is 10.3. The largest absolute Gasteiger partial charge is 0.376 e. The van der Waals surface area contributed by atoms with Gasteiger partial charge in [-0.1, -0.05) is 53.7 Å². The third-order valence-electron chi connectivity index (χ3n) is 3.35. The summed E-state index contributed by atoms with van der Waals surface area (Å²) in [7, 11) is 0. The molecule has 0 saturated carbocycles. The fraction of sp³-hybridized carbons (Fsp3) is 0.111. The number of amides is 1. The van der Waals surface area contributed by atoms with Crippen LogP contribution in [-0.2, 0) is 4.79 Å². The molecule has 116 valence electrons. The van der Waals surface area contributed by atoms with E-state index in [1.165, 1.54) is 0 Å². The number of para-hydroxylation sites is 1. The van der Waals surface area contributed by atoms with Crippen molar-refractivity contribution in [3.63, 3.8) is 0 Å². The Hall–Kier alpha value is -3.08. The average Bonchev–Trinajstić information content (AvgIpc) is 2.99. The van der Waals surface area contributed by atoms with Crippen LogP contribution in [0.25, 0.3) is 11.1 Å².